The van der Waals surface area contributed by atoms with Crippen molar-refractivity contribution in [3.8, 4) is 0 Å². The minimum absolute atomic E-state index is 0.0545. The number of aliphatic hydroxyl groups is 1. The summed E-state index contributed by atoms with van der Waals surface area (Å²) >= 11 is 0. The molecule has 1 heterocycles. The number of nitrogens with zero attached hydrogens (tertiary/aromatic N) is 1. The quantitative estimate of drug-likeness (QED) is 0.854. The Kier molecular flexibility index (Phi) is 4.33. The van der Waals surface area contributed by atoms with Gasteiger partial charge < -0.3 is 10.4 Å². The van der Waals surface area contributed by atoms with Crippen molar-refractivity contribution in [3.05, 3.63) is 29.8 Å². The first-order valence-electron chi connectivity index (χ1n) is 6.41. The van der Waals surface area contributed by atoms with Crippen molar-refractivity contribution >= 4 is 11.6 Å². The number of aliphatic hydroxyl groups excluding tert-OH is 1. The van der Waals surface area contributed by atoms with Gasteiger partial charge in [0.2, 0.25) is 5.91 Å². The third kappa shape index (κ3) is 3.55. The zero-order valence-electron chi connectivity index (χ0n) is 10.7. The summed E-state index contributed by atoms with van der Waals surface area (Å²) in [6.45, 7) is 4.01. The minimum atomic E-state index is -0.216. The van der Waals surface area contributed by atoms with E-state index in [0.29, 0.717) is 6.54 Å². The third-order valence-corrected chi connectivity index (χ3v) is 3.20. The van der Waals surface area contributed by atoms with Crippen LogP contribution in [-0.2, 0) is 11.3 Å². The topological polar surface area (TPSA) is 52.6 Å². The Labute approximate surface area is 108 Å². The number of amides is 1. The Morgan fingerprint density at radius 2 is 2.28 bits per heavy atom. The summed E-state index contributed by atoms with van der Waals surface area (Å²) < 4.78 is 0. The van der Waals surface area contributed by atoms with Gasteiger partial charge in [-0.2, -0.15) is 0 Å². The van der Waals surface area contributed by atoms with Crippen molar-refractivity contribution in [3.63, 3.8) is 0 Å². The van der Waals surface area contributed by atoms with E-state index in [1.165, 1.54) is 6.92 Å². The first-order chi connectivity index (χ1) is 8.65. The smallest absolute Gasteiger partial charge is 0.221 e. The Hall–Kier alpha value is -1.39. The summed E-state index contributed by atoms with van der Waals surface area (Å²) in [7, 11) is 0. The standard InChI is InChI=1S/C14H20N2O2/c1-11(17)15-14-7-3-2-5-12(14)9-16-8-4-6-13(18)10-16/h2-3,5,7,13,18H,4,6,8-10H2,1H3,(H,15,17). The first kappa shape index (κ1) is 13.1. The molecule has 1 aliphatic heterocycles. The van der Waals surface area contributed by atoms with Gasteiger partial charge in [-0.05, 0) is 31.0 Å². The molecule has 0 bridgehead atoms. The zero-order valence-corrected chi connectivity index (χ0v) is 10.7. The Morgan fingerprint density at radius 1 is 1.50 bits per heavy atom. The fourth-order valence-electron chi connectivity index (χ4n) is 2.39. The highest BCUT2D eigenvalue weighted by atomic mass is 16.3. The number of carbonyl (C=O) groups excluding carboxylic acids is 1. The molecule has 1 aromatic carbocycles. The number of hydrogen-bond donors (Lipinski definition) is 2. The summed E-state index contributed by atoms with van der Waals surface area (Å²) in [5.41, 5.74) is 1.96. The summed E-state index contributed by atoms with van der Waals surface area (Å²) in [5.74, 6) is -0.0545. The Morgan fingerprint density at radius 3 is 3.00 bits per heavy atom. The average molecular weight is 248 g/mol. The molecule has 0 radical (unpaired) electrons. The van der Waals surface area contributed by atoms with Crippen molar-refractivity contribution < 1.29 is 9.90 Å². The van der Waals surface area contributed by atoms with E-state index in [4.69, 9.17) is 0 Å². The fourth-order valence-corrected chi connectivity index (χ4v) is 2.39. The van der Waals surface area contributed by atoms with Crippen LogP contribution in [0.2, 0.25) is 0 Å². The number of hydrogen-bond acceptors (Lipinski definition) is 3. The lowest BCUT2D eigenvalue weighted by atomic mass is 10.1. The maximum atomic E-state index is 11.1. The van der Waals surface area contributed by atoms with Gasteiger partial charge in [0.05, 0.1) is 6.10 Å². The maximum absolute atomic E-state index is 11.1. The lowest BCUT2D eigenvalue weighted by molar-refractivity contribution is -0.114. The molecule has 0 spiro atoms. The molecule has 0 saturated carbocycles. The van der Waals surface area contributed by atoms with E-state index in [2.05, 4.69) is 10.2 Å². The largest absolute Gasteiger partial charge is 0.392 e. The van der Waals surface area contributed by atoms with Gasteiger partial charge in [-0.15, -0.1) is 0 Å². The molecule has 0 aliphatic carbocycles. The number of piperidine rings is 1. The van der Waals surface area contributed by atoms with Crippen molar-refractivity contribution in [1.29, 1.82) is 0 Å². The third-order valence-electron chi connectivity index (χ3n) is 3.20. The predicted molar refractivity (Wildman–Crippen MR) is 71.3 cm³/mol. The van der Waals surface area contributed by atoms with Gasteiger partial charge in [-0.1, -0.05) is 18.2 Å². The van der Waals surface area contributed by atoms with E-state index in [0.717, 1.165) is 37.2 Å². The van der Waals surface area contributed by atoms with Crippen LogP contribution < -0.4 is 5.32 Å². The van der Waals surface area contributed by atoms with Crippen LogP contribution in [0.3, 0.4) is 0 Å². The van der Waals surface area contributed by atoms with Crippen molar-refractivity contribution in [2.24, 2.45) is 0 Å². The van der Waals surface area contributed by atoms with E-state index in [-0.39, 0.29) is 12.0 Å². The normalized spacial score (nSPS) is 20.7. The van der Waals surface area contributed by atoms with Crippen LogP contribution in [0.4, 0.5) is 5.69 Å². The number of nitrogens with one attached hydrogen (secondary N) is 1. The minimum Gasteiger partial charge on any atom is -0.392 e. The highest BCUT2D eigenvalue weighted by molar-refractivity contribution is 5.89. The van der Waals surface area contributed by atoms with Crippen LogP contribution in [0.5, 0.6) is 0 Å². The number of para-hydroxylation sites is 1. The van der Waals surface area contributed by atoms with E-state index in [9.17, 15) is 9.90 Å². The molecule has 2 N–H and O–H groups in total. The number of carbonyl (C=O) groups is 1. The Balaban J connectivity index is 2.05. The number of likely N-dealkylation sites (tertiary alicyclic amines) is 1. The fraction of sp³-hybridized carbons (Fsp3) is 0.500. The molecule has 0 aromatic heterocycles. The van der Waals surface area contributed by atoms with Gasteiger partial charge in [0, 0.05) is 25.7 Å². The van der Waals surface area contributed by atoms with Gasteiger partial charge in [-0.25, -0.2) is 0 Å². The maximum Gasteiger partial charge on any atom is 0.221 e. The van der Waals surface area contributed by atoms with Gasteiger partial charge in [0.25, 0.3) is 0 Å². The van der Waals surface area contributed by atoms with Gasteiger partial charge in [0.1, 0.15) is 0 Å². The number of anilines is 1. The molecule has 2 rings (SSSR count). The highest BCUT2D eigenvalue weighted by Gasteiger charge is 2.18. The van der Waals surface area contributed by atoms with Crippen molar-refractivity contribution in [1.82, 2.24) is 4.90 Å². The molecule has 1 fully saturated rings. The molecule has 1 saturated heterocycles. The zero-order chi connectivity index (χ0) is 13.0. The number of benzene rings is 1. The molecule has 4 heteroatoms. The van der Waals surface area contributed by atoms with Crippen LogP contribution in [0.1, 0.15) is 25.3 Å². The predicted octanol–water partition coefficient (Wildman–Crippen LogP) is 1.60. The van der Waals surface area contributed by atoms with Gasteiger partial charge >= 0.3 is 0 Å². The van der Waals surface area contributed by atoms with Crippen LogP contribution >= 0.6 is 0 Å². The number of β-amino-alcohol motifs (C(OH)–C–C–N with tert-alkyl or cyclic N) is 1. The van der Waals surface area contributed by atoms with Crippen LogP contribution in [0, 0.1) is 0 Å². The summed E-state index contributed by atoms with van der Waals surface area (Å²) in [5, 5.41) is 12.5. The molecule has 18 heavy (non-hydrogen) atoms. The van der Waals surface area contributed by atoms with Crippen molar-refractivity contribution in [2.75, 3.05) is 18.4 Å². The highest BCUT2D eigenvalue weighted by Crippen LogP contribution is 2.19. The average Bonchev–Trinajstić information content (AvgIpc) is 2.31. The Bertz CT molecular complexity index is 420. The van der Waals surface area contributed by atoms with Crippen LogP contribution in [0.25, 0.3) is 0 Å². The lowest BCUT2D eigenvalue weighted by Crippen LogP contribution is -2.37. The molecule has 1 aromatic rings. The van der Waals surface area contributed by atoms with E-state index in [1.54, 1.807) is 0 Å². The molecule has 1 amide bonds. The second-order valence-corrected chi connectivity index (χ2v) is 4.87. The van der Waals surface area contributed by atoms with Gasteiger partial charge in [-0.3, -0.25) is 9.69 Å². The second-order valence-electron chi connectivity index (χ2n) is 4.87. The number of rotatable bonds is 3. The molecular weight excluding hydrogens is 228 g/mol. The summed E-state index contributed by atoms with van der Waals surface area (Å²) in [6.07, 6.45) is 1.71. The molecule has 4 nitrogen and oxygen atoms in total. The second kappa shape index (κ2) is 5.98. The van der Waals surface area contributed by atoms with E-state index < -0.39 is 0 Å². The summed E-state index contributed by atoms with van der Waals surface area (Å²) in [4.78, 5) is 13.4. The monoisotopic (exact) mass is 248 g/mol. The molecule has 1 aliphatic rings. The van der Waals surface area contributed by atoms with Crippen LogP contribution in [-0.4, -0.2) is 35.1 Å². The van der Waals surface area contributed by atoms with E-state index in [1.807, 2.05) is 24.3 Å². The SMILES string of the molecule is CC(=O)Nc1ccccc1CN1CCCC(O)C1. The molecular formula is C14H20N2O2. The first-order valence-corrected chi connectivity index (χ1v) is 6.41. The van der Waals surface area contributed by atoms with E-state index >= 15 is 0 Å². The van der Waals surface area contributed by atoms with Crippen LogP contribution in [0.15, 0.2) is 24.3 Å². The van der Waals surface area contributed by atoms with Crippen molar-refractivity contribution in [2.45, 2.75) is 32.4 Å². The molecule has 1 atom stereocenters. The molecule has 1 unspecified atom stereocenters. The lowest BCUT2D eigenvalue weighted by Gasteiger charge is -2.30. The van der Waals surface area contributed by atoms with Gasteiger partial charge in [0.15, 0.2) is 0 Å². The summed E-state index contributed by atoms with van der Waals surface area (Å²) in [6, 6.07) is 7.82. The molecule has 98 valence electrons.